The molecule has 1 aromatic heterocycles. The lowest BCUT2D eigenvalue weighted by Gasteiger charge is -2.12. The van der Waals surface area contributed by atoms with Crippen LogP contribution in [0.3, 0.4) is 0 Å². The summed E-state index contributed by atoms with van der Waals surface area (Å²) < 4.78 is 6.07. The lowest BCUT2D eigenvalue weighted by atomic mass is 10.2. The zero-order valence-corrected chi connectivity index (χ0v) is 12.3. The fourth-order valence-electron chi connectivity index (χ4n) is 1.50. The van der Waals surface area contributed by atoms with Gasteiger partial charge in [0.15, 0.2) is 5.82 Å². The van der Waals surface area contributed by atoms with Gasteiger partial charge in [-0.05, 0) is 28.8 Å². The summed E-state index contributed by atoms with van der Waals surface area (Å²) in [6.45, 7) is 5.63. The van der Waals surface area contributed by atoms with Crippen molar-refractivity contribution in [2.24, 2.45) is 0 Å². The molecule has 1 aromatic rings. The predicted octanol–water partition coefficient (Wildman–Crippen LogP) is 3.16. The van der Waals surface area contributed by atoms with Crippen LogP contribution in [0.4, 0.5) is 5.82 Å². The number of methoxy groups -OCH3 is 1. The maximum Gasteiger partial charge on any atom is 0.156 e. The van der Waals surface area contributed by atoms with Gasteiger partial charge in [-0.3, -0.25) is 0 Å². The molecule has 1 N–H and O–H groups in total. The molecule has 0 amide bonds. The summed E-state index contributed by atoms with van der Waals surface area (Å²) >= 11 is 3.57. The third-order valence-corrected chi connectivity index (χ3v) is 3.10. The van der Waals surface area contributed by atoms with E-state index in [0.29, 0.717) is 6.61 Å². The van der Waals surface area contributed by atoms with Crippen LogP contribution in [0.2, 0.25) is 0 Å². The van der Waals surface area contributed by atoms with Gasteiger partial charge in [-0.1, -0.05) is 20.3 Å². The highest BCUT2D eigenvalue weighted by molar-refractivity contribution is 9.10. The zero-order valence-electron chi connectivity index (χ0n) is 10.7. The minimum atomic E-state index is 0.449. The van der Waals surface area contributed by atoms with Crippen LogP contribution in [0, 0.1) is 0 Å². The molecule has 4 nitrogen and oxygen atoms in total. The van der Waals surface area contributed by atoms with Crippen molar-refractivity contribution in [2.45, 2.75) is 39.7 Å². The number of anilines is 1. The monoisotopic (exact) mass is 301 g/mol. The molecule has 0 fully saturated rings. The third-order valence-electron chi connectivity index (χ3n) is 2.27. The fourth-order valence-corrected chi connectivity index (χ4v) is 2.02. The Morgan fingerprint density at radius 3 is 2.59 bits per heavy atom. The molecule has 0 spiro atoms. The highest BCUT2D eigenvalue weighted by atomic mass is 79.9. The molecule has 0 aliphatic heterocycles. The molecule has 5 heteroatoms. The quantitative estimate of drug-likeness (QED) is 0.840. The molecule has 0 aliphatic rings. The molecule has 96 valence electrons. The van der Waals surface area contributed by atoms with Crippen LogP contribution in [0.1, 0.15) is 38.2 Å². The molecule has 17 heavy (non-hydrogen) atoms. The first kappa shape index (κ1) is 14.4. The summed E-state index contributed by atoms with van der Waals surface area (Å²) in [5, 5.41) is 3.31. The Kier molecular flexibility index (Phi) is 6.44. The van der Waals surface area contributed by atoms with Gasteiger partial charge >= 0.3 is 0 Å². The molecule has 0 aromatic carbocycles. The number of aryl methyl sites for hydroxylation is 1. The van der Waals surface area contributed by atoms with Crippen molar-refractivity contribution in [3.63, 3.8) is 0 Å². The first-order valence-electron chi connectivity index (χ1n) is 6.01. The van der Waals surface area contributed by atoms with Crippen LogP contribution in [0.25, 0.3) is 0 Å². The van der Waals surface area contributed by atoms with E-state index in [1.54, 1.807) is 7.11 Å². The number of hydrogen-bond donors (Lipinski definition) is 1. The molecule has 0 radical (unpaired) electrons. The standard InChI is InChI=1S/C12H20BrN3O/c1-4-6-9-11(13)12(14-7-5-2)16-10(15-9)8-17-3/h4-8H2,1-3H3,(H,14,15,16). The second-order valence-electron chi connectivity index (χ2n) is 3.86. The van der Waals surface area contributed by atoms with Crippen molar-refractivity contribution >= 4 is 21.7 Å². The third kappa shape index (κ3) is 4.24. The van der Waals surface area contributed by atoms with E-state index in [2.05, 4.69) is 45.1 Å². The lowest BCUT2D eigenvalue weighted by molar-refractivity contribution is 0.177. The first-order valence-corrected chi connectivity index (χ1v) is 6.80. The molecular formula is C12H20BrN3O. The maximum atomic E-state index is 5.09. The minimum absolute atomic E-state index is 0.449. The Balaban J connectivity index is 2.99. The minimum Gasteiger partial charge on any atom is -0.377 e. The topological polar surface area (TPSA) is 47.0 Å². The van der Waals surface area contributed by atoms with Gasteiger partial charge in [0.2, 0.25) is 0 Å². The highest BCUT2D eigenvalue weighted by Crippen LogP contribution is 2.24. The predicted molar refractivity (Wildman–Crippen MR) is 73.2 cm³/mol. The van der Waals surface area contributed by atoms with Gasteiger partial charge in [-0.2, -0.15) is 0 Å². The summed E-state index contributed by atoms with van der Waals surface area (Å²) in [4.78, 5) is 8.95. The Labute approximate surface area is 111 Å². The van der Waals surface area contributed by atoms with Crippen molar-refractivity contribution in [3.8, 4) is 0 Å². The lowest BCUT2D eigenvalue weighted by Crippen LogP contribution is -2.09. The summed E-state index contributed by atoms with van der Waals surface area (Å²) in [6, 6.07) is 0. The molecule has 0 bridgehead atoms. The van der Waals surface area contributed by atoms with Gasteiger partial charge in [0.25, 0.3) is 0 Å². The Bertz CT molecular complexity index is 358. The average molecular weight is 302 g/mol. The maximum absolute atomic E-state index is 5.09. The van der Waals surface area contributed by atoms with E-state index < -0.39 is 0 Å². The SMILES string of the molecule is CCCNc1nc(COC)nc(CCC)c1Br. The van der Waals surface area contributed by atoms with E-state index >= 15 is 0 Å². The number of ether oxygens (including phenoxy) is 1. The van der Waals surface area contributed by atoms with Crippen LogP contribution in [-0.2, 0) is 17.8 Å². The molecule has 0 unspecified atom stereocenters. The van der Waals surface area contributed by atoms with Gasteiger partial charge in [0, 0.05) is 13.7 Å². The van der Waals surface area contributed by atoms with Crippen molar-refractivity contribution < 1.29 is 4.74 Å². The van der Waals surface area contributed by atoms with Crippen molar-refractivity contribution in [1.29, 1.82) is 0 Å². The first-order chi connectivity index (χ1) is 8.22. The molecule has 0 saturated carbocycles. The number of nitrogens with zero attached hydrogens (tertiary/aromatic N) is 2. The van der Waals surface area contributed by atoms with Crippen molar-refractivity contribution in [3.05, 3.63) is 16.0 Å². The number of aromatic nitrogens is 2. The van der Waals surface area contributed by atoms with Gasteiger partial charge < -0.3 is 10.1 Å². The normalized spacial score (nSPS) is 10.6. The van der Waals surface area contributed by atoms with E-state index in [9.17, 15) is 0 Å². The van der Waals surface area contributed by atoms with Crippen molar-refractivity contribution in [2.75, 3.05) is 19.0 Å². The van der Waals surface area contributed by atoms with Gasteiger partial charge in [-0.15, -0.1) is 0 Å². The van der Waals surface area contributed by atoms with Gasteiger partial charge in [-0.25, -0.2) is 9.97 Å². The highest BCUT2D eigenvalue weighted by Gasteiger charge is 2.11. The van der Waals surface area contributed by atoms with Crippen LogP contribution in [0.15, 0.2) is 4.47 Å². The number of halogens is 1. The molecule has 0 atom stereocenters. The summed E-state index contributed by atoms with van der Waals surface area (Å²) in [5.41, 5.74) is 1.05. The van der Waals surface area contributed by atoms with E-state index in [1.807, 2.05) is 0 Å². The second-order valence-corrected chi connectivity index (χ2v) is 4.65. The van der Waals surface area contributed by atoms with Crippen LogP contribution < -0.4 is 5.32 Å². The van der Waals surface area contributed by atoms with E-state index in [-0.39, 0.29) is 0 Å². The molecule has 1 rings (SSSR count). The number of rotatable bonds is 7. The Morgan fingerprint density at radius 1 is 1.24 bits per heavy atom. The molecule has 1 heterocycles. The van der Waals surface area contributed by atoms with Crippen LogP contribution in [0.5, 0.6) is 0 Å². The Morgan fingerprint density at radius 2 is 2.00 bits per heavy atom. The van der Waals surface area contributed by atoms with Gasteiger partial charge in [0.05, 0.1) is 10.2 Å². The summed E-state index contributed by atoms with van der Waals surface area (Å²) in [5.74, 6) is 1.61. The smallest absolute Gasteiger partial charge is 0.156 e. The summed E-state index contributed by atoms with van der Waals surface area (Å²) in [7, 11) is 1.66. The number of nitrogens with one attached hydrogen (secondary N) is 1. The fraction of sp³-hybridized carbons (Fsp3) is 0.667. The largest absolute Gasteiger partial charge is 0.377 e. The average Bonchev–Trinajstić information content (AvgIpc) is 2.32. The molecule has 0 saturated heterocycles. The van der Waals surface area contributed by atoms with E-state index in [0.717, 1.165) is 47.6 Å². The van der Waals surface area contributed by atoms with Gasteiger partial charge in [0.1, 0.15) is 12.4 Å². The molecular weight excluding hydrogens is 282 g/mol. The van der Waals surface area contributed by atoms with E-state index in [1.165, 1.54) is 0 Å². The van der Waals surface area contributed by atoms with Crippen LogP contribution in [-0.4, -0.2) is 23.6 Å². The van der Waals surface area contributed by atoms with Crippen LogP contribution >= 0.6 is 15.9 Å². The van der Waals surface area contributed by atoms with Crippen molar-refractivity contribution in [1.82, 2.24) is 9.97 Å². The molecule has 0 aliphatic carbocycles. The summed E-state index contributed by atoms with van der Waals surface area (Å²) in [6.07, 6.45) is 3.08. The number of hydrogen-bond acceptors (Lipinski definition) is 4. The van der Waals surface area contributed by atoms with E-state index in [4.69, 9.17) is 4.74 Å². The zero-order chi connectivity index (χ0) is 12.7. The second kappa shape index (κ2) is 7.61. The Hall–Kier alpha value is -0.680.